The van der Waals surface area contributed by atoms with E-state index in [1.165, 1.54) is 54.6 Å². The van der Waals surface area contributed by atoms with Gasteiger partial charge in [-0.05, 0) is 48.5 Å². The Hall–Kier alpha value is -6.02. The molecule has 1 fully saturated rings. The Morgan fingerprint density at radius 1 is 0.731 bits per heavy atom. The number of benzene rings is 4. The SMILES string of the molecule is O=C(OC[C@H]1O[C@@H](n2cc(/C(=N/O)c3c(Cl)cccc3Cl)c(=O)[nH]c2=O)[C@H](OC(=O)c2ccccc2)[C@@H]1OC(=O)c1ccccc1)c1ccccc1. The number of carbonyl (C=O) groups excluding carboxylic acids is 3. The minimum Gasteiger partial charge on any atom is -0.459 e. The molecule has 5 aromatic rings. The van der Waals surface area contributed by atoms with Crippen LogP contribution < -0.4 is 11.2 Å². The van der Waals surface area contributed by atoms with Crippen LogP contribution in [0.15, 0.2) is 130 Å². The molecule has 0 radical (unpaired) electrons. The minimum absolute atomic E-state index is 0.0243. The Morgan fingerprint density at radius 2 is 1.23 bits per heavy atom. The van der Waals surface area contributed by atoms with Crippen molar-refractivity contribution in [2.45, 2.75) is 24.5 Å². The van der Waals surface area contributed by atoms with Crippen molar-refractivity contribution in [2.24, 2.45) is 5.16 Å². The Kier molecular flexibility index (Phi) is 10.9. The number of nitrogens with one attached hydrogen (secondary N) is 1. The van der Waals surface area contributed by atoms with E-state index in [0.29, 0.717) is 0 Å². The molecule has 1 saturated heterocycles. The van der Waals surface area contributed by atoms with Gasteiger partial charge < -0.3 is 24.2 Å². The highest BCUT2D eigenvalue weighted by molar-refractivity contribution is 6.41. The number of hydrogen-bond donors (Lipinski definition) is 2. The molecule has 4 aromatic carbocycles. The molecule has 52 heavy (non-hydrogen) atoms. The molecule has 13 nitrogen and oxygen atoms in total. The summed E-state index contributed by atoms with van der Waals surface area (Å²) in [6.07, 6.45) is -5.02. The van der Waals surface area contributed by atoms with E-state index >= 15 is 0 Å². The molecular formula is C37H27Cl2N3O10. The van der Waals surface area contributed by atoms with E-state index in [4.69, 9.17) is 42.1 Å². The van der Waals surface area contributed by atoms with Gasteiger partial charge in [0.15, 0.2) is 18.4 Å². The summed E-state index contributed by atoms with van der Waals surface area (Å²) in [7, 11) is 0. The highest BCUT2D eigenvalue weighted by atomic mass is 35.5. The molecular weight excluding hydrogens is 717 g/mol. The third-order valence-electron chi connectivity index (χ3n) is 7.98. The van der Waals surface area contributed by atoms with Crippen molar-refractivity contribution in [3.05, 3.63) is 174 Å². The summed E-state index contributed by atoms with van der Waals surface area (Å²) in [4.78, 5) is 68.8. The lowest BCUT2D eigenvalue weighted by atomic mass is 10.0. The van der Waals surface area contributed by atoms with Crippen molar-refractivity contribution in [2.75, 3.05) is 6.61 Å². The number of aromatic nitrogens is 2. The number of aromatic amines is 1. The quantitative estimate of drug-likeness (QED) is 0.0630. The highest BCUT2D eigenvalue weighted by Crippen LogP contribution is 2.35. The van der Waals surface area contributed by atoms with Gasteiger partial charge in [0, 0.05) is 11.8 Å². The van der Waals surface area contributed by atoms with Crippen LogP contribution in [0.2, 0.25) is 10.0 Å². The molecule has 0 unspecified atom stereocenters. The van der Waals surface area contributed by atoms with Crippen molar-refractivity contribution in [1.29, 1.82) is 0 Å². The Labute approximate surface area is 304 Å². The zero-order valence-corrected chi connectivity index (χ0v) is 28.3. The van der Waals surface area contributed by atoms with Crippen LogP contribution in [0.25, 0.3) is 0 Å². The molecule has 1 aliphatic heterocycles. The zero-order chi connectivity index (χ0) is 36.8. The van der Waals surface area contributed by atoms with Crippen LogP contribution in [-0.4, -0.2) is 63.3 Å². The summed E-state index contributed by atoms with van der Waals surface area (Å²) in [5.74, 6) is -2.45. The molecule has 15 heteroatoms. The number of halogens is 2. The molecule has 2 N–H and O–H groups in total. The van der Waals surface area contributed by atoms with Gasteiger partial charge >= 0.3 is 23.6 Å². The van der Waals surface area contributed by atoms with E-state index in [1.54, 1.807) is 54.6 Å². The lowest BCUT2D eigenvalue weighted by molar-refractivity contribution is -0.0640. The van der Waals surface area contributed by atoms with E-state index in [1.807, 2.05) is 0 Å². The molecule has 0 spiro atoms. The maximum absolute atomic E-state index is 13.5. The molecule has 0 amide bonds. The van der Waals surface area contributed by atoms with Crippen LogP contribution in [0.3, 0.4) is 0 Å². The summed E-state index contributed by atoms with van der Waals surface area (Å²) >= 11 is 12.7. The first-order chi connectivity index (χ1) is 25.2. The molecule has 2 heterocycles. The minimum atomic E-state index is -1.62. The normalized spacial score (nSPS) is 18.4. The van der Waals surface area contributed by atoms with Gasteiger partial charge in [0.1, 0.15) is 18.4 Å². The van der Waals surface area contributed by atoms with Crippen LogP contribution >= 0.6 is 23.2 Å². The first-order valence-corrected chi connectivity index (χ1v) is 16.3. The number of carbonyl (C=O) groups is 3. The van der Waals surface area contributed by atoms with Crippen molar-refractivity contribution in [1.82, 2.24) is 9.55 Å². The summed E-state index contributed by atoms with van der Waals surface area (Å²) in [5, 5.41) is 13.4. The average molecular weight is 745 g/mol. The smallest absolute Gasteiger partial charge is 0.338 e. The van der Waals surface area contributed by atoms with Crippen LogP contribution in [-0.2, 0) is 18.9 Å². The molecule has 1 aliphatic rings. The zero-order valence-electron chi connectivity index (χ0n) is 26.8. The standard InChI is InChI=1S/C37H27Cl2N3O10/c38-25-17-10-18-26(39)28(25)29(41-48)24-19-42(37(47)40-32(24)43)33-31(52-36(46)23-15-8-3-9-16-23)30(51-35(45)22-13-6-2-7-14-22)27(50-33)20-49-34(44)21-11-4-1-5-12-21/h1-19,27,30-31,33,48H,20H2,(H,40,43,47)/b41-29-/t27-,30-,31-,33-/m1/s1. The summed E-state index contributed by atoms with van der Waals surface area (Å²) in [5.41, 5.74) is -2.36. The lowest BCUT2D eigenvalue weighted by Gasteiger charge is -2.25. The third-order valence-corrected chi connectivity index (χ3v) is 8.61. The van der Waals surface area contributed by atoms with E-state index < -0.39 is 66.0 Å². The van der Waals surface area contributed by atoms with Crippen molar-refractivity contribution < 1.29 is 38.5 Å². The molecule has 4 atom stereocenters. The molecule has 0 bridgehead atoms. The van der Waals surface area contributed by atoms with Gasteiger partial charge in [0.25, 0.3) is 5.56 Å². The predicted octanol–water partition coefficient (Wildman–Crippen LogP) is 5.28. The monoisotopic (exact) mass is 743 g/mol. The first kappa shape index (κ1) is 35.8. The lowest BCUT2D eigenvalue weighted by Crippen LogP contribution is -2.43. The topological polar surface area (TPSA) is 176 Å². The Bertz CT molecular complexity index is 2230. The van der Waals surface area contributed by atoms with Crippen LogP contribution in [0.1, 0.15) is 48.4 Å². The van der Waals surface area contributed by atoms with Crippen molar-refractivity contribution in [3.63, 3.8) is 0 Å². The van der Waals surface area contributed by atoms with Gasteiger partial charge in [0.05, 0.1) is 32.3 Å². The van der Waals surface area contributed by atoms with Crippen molar-refractivity contribution >= 4 is 46.8 Å². The van der Waals surface area contributed by atoms with E-state index in [2.05, 4.69) is 10.1 Å². The Balaban J connectivity index is 1.45. The van der Waals surface area contributed by atoms with Gasteiger partial charge in [-0.3, -0.25) is 14.3 Å². The summed E-state index contributed by atoms with van der Waals surface area (Å²) in [6.45, 7) is -0.528. The molecule has 1 aromatic heterocycles. The largest absolute Gasteiger partial charge is 0.459 e. The number of ether oxygens (including phenoxy) is 4. The predicted molar refractivity (Wildman–Crippen MR) is 187 cm³/mol. The van der Waals surface area contributed by atoms with Crippen LogP contribution in [0, 0.1) is 0 Å². The van der Waals surface area contributed by atoms with Crippen LogP contribution in [0.5, 0.6) is 0 Å². The van der Waals surface area contributed by atoms with Gasteiger partial charge in [0.2, 0.25) is 0 Å². The number of nitrogens with zero attached hydrogens (tertiary/aromatic N) is 2. The Morgan fingerprint density at radius 3 is 1.75 bits per heavy atom. The fourth-order valence-corrected chi connectivity index (χ4v) is 6.06. The second-order valence-electron chi connectivity index (χ2n) is 11.3. The average Bonchev–Trinajstić information content (AvgIpc) is 3.49. The molecule has 264 valence electrons. The molecule has 6 rings (SSSR count). The first-order valence-electron chi connectivity index (χ1n) is 15.6. The third kappa shape index (κ3) is 7.66. The fourth-order valence-electron chi connectivity index (χ4n) is 5.49. The second kappa shape index (κ2) is 15.9. The number of hydrogen-bond acceptors (Lipinski definition) is 11. The van der Waals surface area contributed by atoms with E-state index in [0.717, 1.165) is 10.8 Å². The number of esters is 3. The second-order valence-corrected chi connectivity index (χ2v) is 12.1. The van der Waals surface area contributed by atoms with Gasteiger partial charge in [-0.2, -0.15) is 0 Å². The van der Waals surface area contributed by atoms with E-state index in [9.17, 15) is 29.2 Å². The van der Waals surface area contributed by atoms with Gasteiger partial charge in [-0.1, -0.05) is 89.0 Å². The number of H-pyrrole nitrogens is 1. The summed E-state index contributed by atoms with van der Waals surface area (Å²) in [6, 6.07) is 28.3. The summed E-state index contributed by atoms with van der Waals surface area (Å²) < 4.78 is 24.4. The maximum atomic E-state index is 13.5. The molecule has 0 aliphatic carbocycles. The van der Waals surface area contributed by atoms with Crippen molar-refractivity contribution in [3.8, 4) is 0 Å². The number of rotatable bonds is 10. The number of oxime groups is 1. The van der Waals surface area contributed by atoms with Crippen LogP contribution in [0.4, 0.5) is 0 Å². The highest BCUT2D eigenvalue weighted by Gasteiger charge is 2.52. The maximum Gasteiger partial charge on any atom is 0.338 e. The van der Waals surface area contributed by atoms with Gasteiger partial charge in [-0.15, -0.1) is 0 Å². The van der Waals surface area contributed by atoms with Gasteiger partial charge in [-0.25, -0.2) is 19.2 Å². The molecule has 0 saturated carbocycles. The fraction of sp³-hybridized carbons (Fsp3) is 0.135. The van der Waals surface area contributed by atoms with E-state index in [-0.39, 0.29) is 37.9 Å².